The van der Waals surface area contributed by atoms with E-state index in [1.54, 1.807) is 12.1 Å². The summed E-state index contributed by atoms with van der Waals surface area (Å²) in [6, 6.07) is 11.1. The molecule has 1 heterocycles. The average Bonchev–Trinajstić information content (AvgIpc) is 2.79. The molecule has 0 fully saturated rings. The van der Waals surface area contributed by atoms with Crippen molar-refractivity contribution in [2.45, 2.75) is 26.4 Å². The summed E-state index contributed by atoms with van der Waals surface area (Å²) < 4.78 is 5.65. The molecule has 0 bridgehead atoms. The van der Waals surface area contributed by atoms with Crippen LogP contribution in [0.4, 0.5) is 5.69 Å². The first-order chi connectivity index (χ1) is 9.54. The zero-order chi connectivity index (χ0) is 14.3. The third kappa shape index (κ3) is 2.16. The summed E-state index contributed by atoms with van der Waals surface area (Å²) in [6.07, 6.45) is 1.03. The predicted octanol–water partition coefficient (Wildman–Crippen LogP) is 3.13. The molecule has 1 atom stereocenters. The zero-order valence-electron chi connectivity index (χ0n) is 11.6. The van der Waals surface area contributed by atoms with Gasteiger partial charge < -0.3 is 10.5 Å². The molecule has 3 rings (SSSR count). The molecule has 3 nitrogen and oxygen atoms in total. The summed E-state index contributed by atoms with van der Waals surface area (Å²) in [6.45, 7) is 3.98. The third-order valence-electron chi connectivity index (χ3n) is 3.61. The van der Waals surface area contributed by atoms with Crippen LogP contribution in [0, 0.1) is 6.92 Å². The van der Waals surface area contributed by atoms with E-state index in [-0.39, 0.29) is 11.9 Å². The highest BCUT2D eigenvalue weighted by Gasteiger charge is 2.21. The molecule has 1 aliphatic heterocycles. The first kappa shape index (κ1) is 12.7. The van der Waals surface area contributed by atoms with Crippen molar-refractivity contribution >= 4 is 11.5 Å². The van der Waals surface area contributed by atoms with Gasteiger partial charge in [0.2, 0.25) is 0 Å². The monoisotopic (exact) mass is 267 g/mol. The topological polar surface area (TPSA) is 52.3 Å². The Morgan fingerprint density at radius 3 is 2.85 bits per heavy atom. The van der Waals surface area contributed by atoms with Crippen LogP contribution in [-0.4, -0.2) is 11.9 Å². The molecule has 0 aromatic heterocycles. The fourth-order valence-electron chi connectivity index (χ4n) is 2.59. The molecule has 0 aliphatic carbocycles. The number of nitrogens with two attached hydrogens (primary N) is 1. The van der Waals surface area contributed by atoms with Crippen LogP contribution in [0.25, 0.3) is 0 Å². The maximum Gasteiger partial charge on any atom is 0.195 e. The molecule has 0 amide bonds. The number of ether oxygens (including phenoxy) is 1. The van der Waals surface area contributed by atoms with Gasteiger partial charge in [0.1, 0.15) is 11.9 Å². The van der Waals surface area contributed by atoms with Crippen LogP contribution in [-0.2, 0) is 6.42 Å². The Morgan fingerprint density at radius 2 is 2.05 bits per heavy atom. The van der Waals surface area contributed by atoms with Crippen LogP contribution in [0.2, 0.25) is 0 Å². The zero-order valence-corrected chi connectivity index (χ0v) is 11.6. The Kier molecular flexibility index (Phi) is 2.97. The number of aryl methyl sites for hydroxylation is 1. The minimum Gasteiger partial charge on any atom is -0.490 e. The number of ketones is 1. The van der Waals surface area contributed by atoms with E-state index in [1.165, 1.54) is 0 Å². The molecule has 2 aromatic rings. The summed E-state index contributed by atoms with van der Waals surface area (Å²) in [7, 11) is 0. The Labute approximate surface area is 118 Å². The van der Waals surface area contributed by atoms with Gasteiger partial charge in [0.15, 0.2) is 5.78 Å². The van der Waals surface area contributed by atoms with E-state index in [4.69, 9.17) is 10.5 Å². The average molecular weight is 267 g/mol. The number of hydrogen-bond acceptors (Lipinski definition) is 3. The minimum absolute atomic E-state index is 0.0337. The highest BCUT2D eigenvalue weighted by atomic mass is 16.5. The maximum absolute atomic E-state index is 12.6. The predicted molar refractivity (Wildman–Crippen MR) is 79.3 cm³/mol. The van der Waals surface area contributed by atoms with Gasteiger partial charge in [-0.25, -0.2) is 0 Å². The normalized spacial score (nSPS) is 16.6. The Morgan fingerprint density at radius 1 is 1.25 bits per heavy atom. The van der Waals surface area contributed by atoms with Crippen molar-refractivity contribution < 1.29 is 9.53 Å². The number of fused-ring (bicyclic) bond motifs is 1. The lowest BCUT2D eigenvalue weighted by atomic mass is 9.97. The van der Waals surface area contributed by atoms with Crippen LogP contribution in [0.5, 0.6) is 5.75 Å². The van der Waals surface area contributed by atoms with E-state index in [0.29, 0.717) is 16.8 Å². The van der Waals surface area contributed by atoms with E-state index in [0.717, 1.165) is 23.3 Å². The smallest absolute Gasteiger partial charge is 0.195 e. The summed E-state index contributed by atoms with van der Waals surface area (Å²) in [5.74, 6) is 0.847. The fourth-order valence-corrected chi connectivity index (χ4v) is 2.59. The van der Waals surface area contributed by atoms with Crippen LogP contribution in [0.15, 0.2) is 36.4 Å². The highest BCUT2D eigenvalue weighted by molar-refractivity contribution is 6.12. The second-order valence-corrected chi connectivity index (χ2v) is 5.37. The van der Waals surface area contributed by atoms with Crippen molar-refractivity contribution in [2.75, 3.05) is 5.73 Å². The quantitative estimate of drug-likeness (QED) is 0.672. The van der Waals surface area contributed by atoms with Crippen LogP contribution in [0.3, 0.4) is 0 Å². The van der Waals surface area contributed by atoms with Gasteiger partial charge in [-0.05, 0) is 49.7 Å². The molecular weight excluding hydrogens is 250 g/mol. The first-order valence-corrected chi connectivity index (χ1v) is 6.75. The minimum atomic E-state index is -0.0337. The first-order valence-electron chi connectivity index (χ1n) is 6.75. The van der Waals surface area contributed by atoms with Gasteiger partial charge in [0, 0.05) is 23.2 Å². The second-order valence-electron chi connectivity index (χ2n) is 5.37. The summed E-state index contributed by atoms with van der Waals surface area (Å²) in [5.41, 5.74) is 9.79. The largest absolute Gasteiger partial charge is 0.490 e. The van der Waals surface area contributed by atoms with Crippen molar-refractivity contribution in [3.05, 3.63) is 58.7 Å². The molecule has 2 aromatic carbocycles. The SMILES string of the molecule is Cc1ccc(N)c(C(=O)c2ccc3c(c2)CC(C)O3)c1. The van der Waals surface area contributed by atoms with Gasteiger partial charge in [-0.1, -0.05) is 11.6 Å². The van der Waals surface area contributed by atoms with Crippen molar-refractivity contribution in [1.29, 1.82) is 0 Å². The molecule has 0 spiro atoms. The Hall–Kier alpha value is -2.29. The van der Waals surface area contributed by atoms with Crippen molar-refractivity contribution in [3.8, 4) is 5.75 Å². The lowest BCUT2D eigenvalue weighted by Crippen LogP contribution is -2.06. The van der Waals surface area contributed by atoms with Gasteiger partial charge >= 0.3 is 0 Å². The summed E-state index contributed by atoms with van der Waals surface area (Å²) >= 11 is 0. The number of nitrogen functional groups attached to an aromatic ring is 1. The van der Waals surface area contributed by atoms with Gasteiger partial charge in [0.05, 0.1) is 0 Å². The fraction of sp³-hybridized carbons (Fsp3) is 0.235. The molecule has 0 saturated carbocycles. The molecule has 1 aliphatic rings. The molecule has 0 radical (unpaired) electrons. The second kappa shape index (κ2) is 4.67. The molecule has 3 heteroatoms. The highest BCUT2D eigenvalue weighted by Crippen LogP contribution is 2.30. The van der Waals surface area contributed by atoms with Crippen LogP contribution >= 0.6 is 0 Å². The summed E-state index contributed by atoms with van der Waals surface area (Å²) in [5, 5.41) is 0. The van der Waals surface area contributed by atoms with E-state index in [1.807, 2.05) is 38.1 Å². The lowest BCUT2D eigenvalue weighted by molar-refractivity contribution is 0.103. The molecule has 20 heavy (non-hydrogen) atoms. The van der Waals surface area contributed by atoms with Crippen molar-refractivity contribution in [3.63, 3.8) is 0 Å². The molecule has 102 valence electrons. The van der Waals surface area contributed by atoms with Gasteiger partial charge in [-0.3, -0.25) is 4.79 Å². The van der Waals surface area contributed by atoms with E-state index in [9.17, 15) is 4.79 Å². The lowest BCUT2D eigenvalue weighted by Gasteiger charge is -2.07. The van der Waals surface area contributed by atoms with Crippen molar-refractivity contribution in [2.24, 2.45) is 0 Å². The number of hydrogen-bond donors (Lipinski definition) is 1. The number of carbonyl (C=O) groups excluding carboxylic acids is 1. The standard InChI is InChI=1S/C17H17NO2/c1-10-3-5-15(18)14(7-10)17(19)12-4-6-16-13(9-12)8-11(2)20-16/h3-7,9,11H,8,18H2,1-2H3. The van der Waals surface area contributed by atoms with Crippen molar-refractivity contribution in [1.82, 2.24) is 0 Å². The van der Waals surface area contributed by atoms with E-state index < -0.39 is 0 Å². The van der Waals surface area contributed by atoms with Gasteiger partial charge in [0.25, 0.3) is 0 Å². The van der Waals surface area contributed by atoms with E-state index in [2.05, 4.69) is 0 Å². The number of carbonyl (C=O) groups is 1. The molecule has 2 N–H and O–H groups in total. The molecule has 1 unspecified atom stereocenters. The summed E-state index contributed by atoms with van der Waals surface area (Å²) in [4.78, 5) is 12.6. The van der Waals surface area contributed by atoms with Crippen LogP contribution < -0.4 is 10.5 Å². The molecule has 0 saturated heterocycles. The third-order valence-corrected chi connectivity index (χ3v) is 3.61. The van der Waals surface area contributed by atoms with Crippen LogP contribution in [0.1, 0.15) is 34.0 Å². The maximum atomic E-state index is 12.6. The number of anilines is 1. The molecular formula is C17H17NO2. The number of rotatable bonds is 2. The Bertz CT molecular complexity index is 691. The number of benzene rings is 2. The van der Waals surface area contributed by atoms with Gasteiger partial charge in [-0.15, -0.1) is 0 Å². The Balaban J connectivity index is 1.99. The van der Waals surface area contributed by atoms with E-state index >= 15 is 0 Å². The van der Waals surface area contributed by atoms with Gasteiger partial charge in [-0.2, -0.15) is 0 Å².